The number of hydrogen-bond acceptors (Lipinski definition) is 3. The van der Waals surface area contributed by atoms with Crippen LogP contribution in [0.1, 0.15) is 66.2 Å². The number of carbonyl (C=O) groups is 2. The zero-order valence-electron chi connectivity index (χ0n) is 13.6. The molecule has 1 rings (SSSR count). The molecule has 0 unspecified atom stereocenters. The number of Topliss-reactive ketones (excluding diaryl/α,β-unsaturated/α-hetero) is 1. The molecule has 0 aromatic heterocycles. The molecule has 0 aromatic rings. The minimum atomic E-state index is -0.481. The Balaban J connectivity index is 2.69. The summed E-state index contributed by atoms with van der Waals surface area (Å²) in [5.41, 5.74) is -0.526. The van der Waals surface area contributed by atoms with Gasteiger partial charge < -0.3 is 14.4 Å². The summed E-state index contributed by atoms with van der Waals surface area (Å²) in [5.74, 6) is 0.212. The molecule has 4 nitrogen and oxygen atoms in total. The summed E-state index contributed by atoms with van der Waals surface area (Å²) in [7, 11) is 1.77. The zero-order valence-corrected chi connectivity index (χ0v) is 13.6. The summed E-state index contributed by atoms with van der Waals surface area (Å²) in [5, 5.41) is 0. The van der Waals surface area contributed by atoms with Crippen LogP contribution in [0.3, 0.4) is 0 Å². The molecule has 0 radical (unpaired) electrons. The van der Waals surface area contributed by atoms with Crippen molar-refractivity contribution in [3.8, 4) is 0 Å². The van der Waals surface area contributed by atoms with Gasteiger partial charge in [-0.05, 0) is 46.0 Å². The molecule has 0 saturated heterocycles. The second-order valence-corrected chi connectivity index (χ2v) is 7.28. The molecule has 1 saturated carbocycles. The Morgan fingerprint density at radius 2 is 1.70 bits per heavy atom. The third-order valence-electron chi connectivity index (χ3n) is 3.82. The van der Waals surface area contributed by atoms with Crippen LogP contribution >= 0.6 is 0 Å². The fourth-order valence-corrected chi connectivity index (χ4v) is 3.13. The Morgan fingerprint density at radius 1 is 1.15 bits per heavy atom. The molecule has 1 amide bonds. The van der Waals surface area contributed by atoms with Crippen molar-refractivity contribution in [3.05, 3.63) is 0 Å². The van der Waals surface area contributed by atoms with Crippen molar-refractivity contribution in [3.63, 3.8) is 0 Å². The number of amides is 1. The predicted octanol–water partition coefficient (Wildman–Crippen LogP) is 3.78. The number of ether oxygens (including phenoxy) is 1. The van der Waals surface area contributed by atoms with Crippen LogP contribution in [0.4, 0.5) is 4.79 Å². The van der Waals surface area contributed by atoms with Crippen molar-refractivity contribution in [2.75, 3.05) is 13.6 Å². The highest BCUT2D eigenvalue weighted by molar-refractivity contribution is 5.76. The van der Waals surface area contributed by atoms with Crippen LogP contribution in [-0.4, -0.2) is 36.0 Å². The average Bonchev–Trinajstić information content (AvgIpc) is 2.26. The highest BCUT2D eigenvalue weighted by atomic mass is 16.6. The number of nitrogens with zero attached hydrogens (tertiary/aromatic N) is 1. The zero-order chi connectivity index (χ0) is 15.4. The summed E-state index contributed by atoms with van der Waals surface area (Å²) in [4.78, 5) is 25.3. The molecule has 0 N–H and O–H groups in total. The van der Waals surface area contributed by atoms with Crippen LogP contribution in [0.15, 0.2) is 0 Å². The van der Waals surface area contributed by atoms with E-state index in [0.717, 1.165) is 25.7 Å². The smallest absolute Gasteiger partial charge is 0.410 e. The van der Waals surface area contributed by atoms with Crippen LogP contribution < -0.4 is 0 Å². The summed E-state index contributed by atoms with van der Waals surface area (Å²) >= 11 is 0. The van der Waals surface area contributed by atoms with Gasteiger partial charge in [0.05, 0.1) is 0 Å². The van der Waals surface area contributed by atoms with Gasteiger partial charge in [0.25, 0.3) is 0 Å². The van der Waals surface area contributed by atoms with Gasteiger partial charge in [0.15, 0.2) is 0 Å². The van der Waals surface area contributed by atoms with Gasteiger partial charge in [-0.15, -0.1) is 0 Å². The maximum absolute atomic E-state index is 12.1. The second kappa shape index (κ2) is 6.59. The van der Waals surface area contributed by atoms with Crippen LogP contribution in [0.25, 0.3) is 0 Å². The first-order valence-electron chi connectivity index (χ1n) is 7.57. The largest absolute Gasteiger partial charge is 0.444 e. The van der Waals surface area contributed by atoms with Crippen LogP contribution in [-0.2, 0) is 9.53 Å². The van der Waals surface area contributed by atoms with E-state index in [1.54, 1.807) is 18.9 Å². The van der Waals surface area contributed by atoms with Crippen LogP contribution in [0, 0.1) is 5.41 Å². The van der Waals surface area contributed by atoms with Gasteiger partial charge >= 0.3 is 6.09 Å². The molecule has 1 aliphatic rings. The normalized spacial score (nSPS) is 18.4. The maximum Gasteiger partial charge on any atom is 0.410 e. The van der Waals surface area contributed by atoms with E-state index < -0.39 is 5.60 Å². The van der Waals surface area contributed by atoms with Crippen molar-refractivity contribution >= 4 is 11.9 Å². The highest BCUT2D eigenvalue weighted by Crippen LogP contribution is 2.40. The molecule has 1 aliphatic carbocycles. The van der Waals surface area contributed by atoms with Gasteiger partial charge in [0.2, 0.25) is 0 Å². The lowest BCUT2D eigenvalue weighted by molar-refractivity contribution is -0.120. The lowest BCUT2D eigenvalue weighted by Crippen LogP contribution is -2.43. The molecule has 0 aromatic carbocycles. The monoisotopic (exact) mass is 283 g/mol. The van der Waals surface area contributed by atoms with E-state index in [1.165, 1.54) is 6.42 Å². The third-order valence-corrected chi connectivity index (χ3v) is 3.82. The predicted molar refractivity (Wildman–Crippen MR) is 79.7 cm³/mol. The first-order chi connectivity index (χ1) is 9.14. The SMILES string of the molecule is CC(=O)CC1(CN(C)C(=O)OC(C)(C)C)CCCCC1. The third kappa shape index (κ3) is 5.51. The first-order valence-corrected chi connectivity index (χ1v) is 7.57. The highest BCUT2D eigenvalue weighted by Gasteiger charge is 2.36. The Bertz CT molecular complexity index is 351. The van der Waals surface area contributed by atoms with Crippen LogP contribution in [0.5, 0.6) is 0 Å². The van der Waals surface area contributed by atoms with Crippen molar-refractivity contribution in [1.82, 2.24) is 4.90 Å². The Hall–Kier alpha value is -1.06. The standard InChI is InChI=1S/C16H29NO3/c1-13(18)11-16(9-7-6-8-10-16)12-17(5)14(19)20-15(2,3)4/h6-12H2,1-5H3. The molecular formula is C16H29NO3. The van der Waals surface area contributed by atoms with E-state index in [-0.39, 0.29) is 17.3 Å². The van der Waals surface area contributed by atoms with E-state index >= 15 is 0 Å². The van der Waals surface area contributed by atoms with Gasteiger partial charge in [0, 0.05) is 20.0 Å². The fourth-order valence-electron chi connectivity index (χ4n) is 3.13. The molecule has 116 valence electrons. The fraction of sp³-hybridized carbons (Fsp3) is 0.875. The number of carbonyl (C=O) groups excluding carboxylic acids is 2. The molecule has 0 bridgehead atoms. The molecule has 0 spiro atoms. The molecule has 0 aliphatic heterocycles. The lowest BCUT2D eigenvalue weighted by atomic mass is 9.70. The minimum Gasteiger partial charge on any atom is -0.444 e. The van der Waals surface area contributed by atoms with Crippen molar-refractivity contribution in [2.24, 2.45) is 5.41 Å². The number of rotatable bonds is 4. The van der Waals surface area contributed by atoms with Crippen molar-refractivity contribution in [1.29, 1.82) is 0 Å². The minimum absolute atomic E-state index is 0.0459. The van der Waals surface area contributed by atoms with E-state index in [2.05, 4.69) is 0 Å². The Morgan fingerprint density at radius 3 is 2.15 bits per heavy atom. The molecule has 0 heterocycles. The summed E-state index contributed by atoms with van der Waals surface area (Å²) in [6, 6.07) is 0. The number of ketones is 1. The van der Waals surface area contributed by atoms with E-state index in [1.807, 2.05) is 20.8 Å². The molecule has 1 fully saturated rings. The molecule has 4 heteroatoms. The maximum atomic E-state index is 12.1. The van der Waals surface area contributed by atoms with Gasteiger partial charge in [-0.2, -0.15) is 0 Å². The van der Waals surface area contributed by atoms with Crippen LogP contribution in [0.2, 0.25) is 0 Å². The summed E-state index contributed by atoms with van der Waals surface area (Å²) in [6.07, 6.45) is 5.85. The van der Waals surface area contributed by atoms with Gasteiger partial charge in [-0.25, -0.2) is 4.79 Å². The molecular weight excluding hydrogens is 254 g/mol. The van der Waals surface area contributed by atoms with E-state index in [4.69, 9.17) is 4.74 Å². The number of hydrogen-bond donors (Lipinski definition) is 0. The first kappa shape index (κ1) is 17.0. The van der Waals surface area contributed by atoms with Gasteiger partial charge in [-0.3, -0.25) is 0 Å². The van der Waals surface area contributed by atoms with Crippen molar-refractivity contribution in [2.45, 2.75) is 71.8 Å². The van der Waals surface area contributed by atoms with Gasteiger partial charge in [0.1, 0.15) is 11.4 Å². The summed E-state index contributed by atoms with van der Waals surface area (Å²) < 4.78 is 5.39. The average molecular weight is 283 g/mol. The molecule has 20 heavy (non-hydrogen) atoms. The molecule has 0 atom stereocenters. The second-order valence-electron chi connectivity index (χ2n) is 7.28. The van der Waals surface area contributed by atoms with Gasteiger partial charge in [-0.1, -0.05) is 19.3 Å². The Labute approximate surface area is 122 Å². The topological polar surface area (TPSA) is 46.6 Å². The summed E-state index contributed by atoms with van der Waals surface area (Å²) in [6.45, 7) is 7.85. The van der Waals surface area contributed by atoms with E-state index in [9.17, 15) is 9.59 Å². The Kier molecular flexibility index (Phi) is 5.60. The van der Waals surface area contributed by atoms with E-state index in [0.29, 0.717) is 13.0 Å². The van der Waals surface area contributed by atoms with Crippen molar-refractivity contribution < 1.29 is 14.3 Å². The lowest BCUT2D eigenvalue weighted by Gasteiger charge is -2.39. The quantitative estimate of drug-likeness (QED) is 0.788.